The Morgan fingerprint density at radius 1 is 1.37 bits per heavy atom. The van der Waals surface area contributed by atoms with Gasteiger partial charge in [0.2, 0.25) is 0 Å². The molecule has 3 rings (SSSR count). The number of ether oxygens (including phenoxy) is 1. The van der Waals surface area contributed by atoms with E-state index >= 15 is 0 Å². The van der Waals surface area contributed by atoms with Crippen LogP contribution in [0.3, 0.4) is 0 Å². The number of rotatable bonds is 3. The van der Waals surface area contributed by atoms with Gasteiger partial charge in [-0.05, 0) is 30.2 Å². The van der Waals surface area contributed by atoms with Gasteiger partial charge in [0.1, 0.15) is 17.6 Å². The lowest BCUT2D eigenvalue weighted by molar-refractivity contribution is 0.254. The molecule has 0 saturated heterocycles. The zero-order valence-corrected chi connectivity index (χ0v) is 11.9. The van der Waals surface area contributed by atoms with Gasteiger partial charge >= 0.3 is 0 Å². The van der Waals surface area contributed by atoms with E-state index in [1.807, 2.05) is 18.2 Å². The molecule has 1 aromatic carbocycles. The van der Waals surface area contributed by atoms with Crippen molar-refractivity contribution >= 4 is 11.6 Å². The zero-order chi connectivity index (χ0) is 13.4. The quantitative estimate of drug-likeness (QED) is 0.771. The molecule has 100 valence electrons. The third-order valence-corrected chi connectivity index (χ3v) is 4.07. The van der Waals surface area contributed by atoms with Gasteiger partial charge in [-0.25, -0.2) is 0 Å². The first kappa shape index (κ1) is 12.6. The number of benzene rings is 1. The molecule has 3 heteroatoms. The SMILES string of the molecule is CCc1occc1C(Cl)c1ccc2c(c1)CC(C)O2. The van der Waals surface area contributed by atoms with E-state index < -0.39 is 0 Å². The van der Waals surface area contributed by atoms with Crippen LogP contribution in [0, 0.1) is 0 Å². The monoisotopic (exact) mass is 276 g/mol. The molecule has 2 atom stereocenters. The molecule has 1 aliphatic rings. The summed E-state index contributed by atoms with van der Waals surface area (Å²) in [5.41, 5.74) is 3.42. The summed E-state index contributed by atoms with van der Waals surface area (Å²) in [5, 5.41) is -0.157. The molecular weight excluding hydrogens is 260 g/mol. The van der Waals surface area contributed by atoms with Crippen molar-refractivity contribution in [1.82, 2.24) is 0 Å². The van der Waals surface area contributed by atoms with Crippen LogP contribution in [0.5, 0.6) is 5.75 Å². The highest BCUT2D eigenvalue weighted by Gasteiger charge is 2.22. The van der Waals surface area contributed by atoms with Crippen LogP contribution in [0.1, 0.15) is 41.7 Å². The molecule has 0 bridgehead atoms. The fourth-order valence-corrected chi connectivity index (χ4v) is 2.97. The fourth-order valence-electron chi connectivity index (χ4n) is 2.64. The molecule has 0 radical (unpaired) electrons. The summed E-state index contributed by atoms with van der Waals surface area (Å²) >= 11 is 6.59. The van der Waals surface area contributed by atoms with Crippen LogP contribution in [0.15, 0.2) is 34.9 Å². The Balaban J connectivity index is 1.93. The second-order valence-corrected chi connectivity index (χ2v) is 5.45. The third kappa shape index (κ3) is 2.25. The molecule has 0 fully saturated rings. The van der Waals surface area contributed by atoms with Gasteiger partial charge in [-0.15, -0.1) is 11.6 Å². The van der Waals surface area contributed by atoms with E-state index in [4.69, 9.17) is 20.8 Å². The predicted molar refractivity (Wildman–Crippen MR) is 76.0 cm³/mol. The van der Waals surface area contributed by atoms with Crippen LogP contribution in [0.2, 0.25) is 0 Å². The van der Waals surface area contributed by atoms with Crippen molar-refractivity contribution in [1.29, 1.82) is 0 Å². The van der Waals surface area contributed by atoms with Crippen LogP contribution in [-0.2, 0) is 12.8 Å². The predicted octanol–water partition coefficient (Wildman–Crippen LogP) is 4.49. The van der Waals surface area contributed by atoms with Gasteiger partial charge in [0.05, 0.1) is 11.6 Å². The highest BCUT2D eigenvalue weighted by atomic mass is 35.5. The van der Waals surface area contributed by atoms with Crippen molar-refractivity contribution in [3.8, 4) is 5.75 Å². The van der Waals surface area contributed by atoms with Crippen molar-refractivity contribution in [3.63, 3.8) is 0 Å². The maximum absolute atomic E-state index is 6.59. The van der Waals surface area contributed by atoms with Gasteiger partial charge in [0, 0.05) is 18.4 Å². The number of fused-ring (bicyclic) bond motifs is 1. The molecule has 0 saturated carbocycles. The number of alkyl halides is 1. The van der Waals surface area contributed by atoms with E-state index in [-0.39, 0.29) is 11.5 Å². The van der Waals surface area contributed by atoms with Gasteiger partial charge in [-0.2, -0.15) is 0 Å². The Bertz CT molecular complexity index is 588. The van der Waals surface area contributed by atoms with Gasteiger partial charge in [0.15, 0.2) is 0 Å². The van der Waals surface area contributed by atoms with Crippen molar-refractivity contribution in [2.45, 2.75) is 38.2 Å². The van der Waals surface area contributed by atoms with Crippen molar-refractivity contribution in [2.24, 2.45) is 0 Å². The highest BCUT2D eigenvalue weighted by molar-refractivity contribution is 6.22. The van der Waals surface area contributed by atoms with E-state index in [0.717, 1.165) is 35.5 Å². The minimum atomic E-state index is -0.157. The minimum absolute atomic E-state index is 0.157. The summed E-state index contributed by atoms with van der Waals surface area (Å²) in [7, 11) is 0. The summed E-state index contributed by atoms with van der Waals surface area (Å²) in [4.78, 5) is 0. The van der Waals surface area contributed by atoms with Gasteiger partial charge < -0.3 is 9.15 Å². The van der Waals surface area contributed by atoms with Crippen molar-refractivity contribution in [2.75, 3.05) is 0 Å². The lowest BCUT2D eigenvalue weighted by atomic mass is 10.0. The van der Waals surface area contributed by atoms with Crippen LogP contribution < -0.4 is 4.74 Å². The van der Waals surface area contributed by atoms with Crippen molar-refractivity contribution in [3.05, 3.63) is 53.0 Å². The molecule has 2 heterocycles. The summed E-state index contributed by atoms with van der Waals surface area (Å²) in [6.07, 6.45) is 3.79. The summed E-state index contributed by atoms with van der Waals surface area (Å²) in [5.74, 6) is 1.95. The molecule has 2 unspecified atom stereocenters. The average molecular weight is 277 g/mol. The van der Waals surface area contributed by atoms with Crippen LogP contribution in [0.4, 0.5) is 0 Å². The molecule has 19 heavy (non-hydrogen) atoms. The van der Waals surface area contributed by atoms with Crippen LogP contribution >= 0.6 is 11.6 Å². The van der Waals surface area contributed by atoms with Crippen LogP contribution in [-0.4, -0.2) is 6.10 Å². The summed E-state index contributed by atoms with van der Waals surface area (Å²) in [6.45, 7) is 4.16. The number of aryl methyl sites for hydroxylation is 1. The standard InChI is InChI=1S/C16H17ClO2/c1-3-14-13(6-7-18-14)16(17)11-4-5-15-12(9-11)8-10(2)19-15/h4-7,9-10,16H,3,8H2,1-2H3. The third-order valence-electron chi connectivity index (χ3n) is 3.59. The Hall–Kier alpha value is -1.41. The van der Waals surface area contributed by atoms with Crippen molar-refractivity contribution < 1.29 is 9.15 Å². The molecule has 0 spiro atoms. The van der Waals surface area contributed by atoms with Gasteiger partial charge in [0.25, 0.3) is 0 Å². The number of hydrogen-bond acceptors (Lipinski definition) is 2. The summed E-state index contributed by atoms with van der Waals surface area (Å²) < 4.78 is 11.2. The molecule has 2 nitrogen and oxygen atoms in total. The number of halogens is 1. The first-order valence-corrected chi connectivity index (χ1v) is 7.12. The van der Waals surface area contributed by atoms with E-state index in [9.17, 15) is 0 Å². The highest BCUT2D eigenvalue weighted by Crippen LogP contribution is 2.36. The molecule has 0 N–H and O–H groups in total. The summed E-state index contributed by atoms with van der Waals surface area (Å²) in [6, 6.07) is 8.18. The second kappa shape index (κ2) is 4.93. The molecule has 1 aromatic heterocycles. The smallest absolute Gasteiger partial charge is 0.123 e. The van der Waals surface area contributed by atoms with Crippen LogP contribution in [0.25, 0.3) is 0 Å². The number of hydrogen-bond donors (Lipinski definition) is 0. The Morgan fingerprint density at radius 2 is 2.21 bits per heavy atom. The van der Waals surface area contributed by atoms with Gasteiger partial charge in [-0.3, -0.25) is 0 Å². The van der Waals surface area contributed by atoms with Gasteiger partial charge in [-0.1, -0.05) is 19.1 Å². The molecule has 0 aliphatic carbocycles. The topological polar surface area (TPSA) is 22.4 Å². The number of furan rings is 1. The first-order chi connectivity index (χ1) is 9.19. The van der Waals surface area contributed by atoms with E-state index in [0.29, 0.717) is 0 Å². The average Bonchev–Trinajstić information content (AvgIpc) is 3.01. The van der Waals surface area contributed by atoms with E-state index in [1.54, 1.807) is 6.26 Å². The Morgan fingerprint density at radius 3 is 3.00 bits per heavy atom. The molecule has 1 aliphatic heterocycles. The fraction of sp³-hybridized carbons (Fsp3) is 0.375. The van der Waals surface area contributed by atoms with E-state index in [2.05, 4.69) is 19.9 Å². The minimum Gasteiger partial charge on any atom is -0.490 e. The first-order valence-electron chi connectivity index (χ1n) is 6.69. The zero-order valence-electron chi connectivity index (χ0n) is 11.2. The maximum atomic E-state index is 6.59. The molecular formula is C16H17ClO2. The largest absolute Gasteiger partial charge is 0.490 e. The normalized spacial score (nSPS) is 19.0. The molecule has 2 aromatic rings. The lowest BCUT2D eigenvalue weighted by Gasteiger charge is -2.11. The Labute approximate surface area is 118 Å². The van der Waals surface area contributed by atoms with E-state index in [1.165, 1.54) is 5.56 Å². The Kier molecular flexibility index (Phi) is 3.28. The molecule has 0 amide bonds. The lowest BCUT2D eigenvalue weighted by Crippen LogP contribution is -2.05. The maximum Gasteiger partial charge on any atom is 0.123 e. The second-order valence-electron chi connectivity index (χ2n) is 5.01.